The van der Waals surface area contributed by atoms with Crippen LogP contribution in [0.15, 0.2) is 0 Å². The van der Waals surface area contributed by atoms with E-state index in [4.69, 9.17) is 10.8 Å². The van der Waals surface area contributed by atoms with Crippen LogP contribution in [-0.2, 0) is 9.59 Å². The summed E-state index contributed by atoms with van der Waals surface area (Å²) in [7, 11) is 0. The van der Waals surface area contributed by atoms with Crippen LogP contribution in [0.4, 0.5) is 0 Å². The summed E-state index contributed by atoms with van der Waals surface area (Å²) in [5, 5.41) is 8.32. The Hall–Kier alpha value is -0.710. The van der Waals surface area contributed by atoms with Crippen LogP contribution in [0.5, 0.6) is 0 Å². The Morgan fingerprint density at radius 2 is 1.92 bits per heavy atom. The number of rotatable bonds is 8. The van der Waals surface area contributed by atoms with Gasteiger partial charge in [0.25, 0.3) is 0 Å². The second-order valence-corrected chi connectivity index (χ2v) is 3.83. The molecule has 1 amide bonds. The van der Waals surface area contributed by atoms with Gasteiger partial charge in [-0.3, -0.25) is 9.59 Å². The fraction of sp³-hybridized carbons (Fsp3) is 0.750. The van der Waals surface area contributed by atoms with Crippen LogP contribution >= 0.6 is 11.8 Å². The molecule has 0 radical (unpaired) electrons. The van der Waals surface area contributed by atoms with Crippen molar-refractivity contribution in [2.45, 2.75) is 25.7 Å². The van der Waals surface area contributed by atoms with Gasteiger partial charge in [0, 0.05) is 6.42 Å². The Kier molecular flexibility index (Phi) is 7.48. The predicted molar refractivity (Wildman–Crippen MR) is 52.6 cm³/mol. The minimum atomic E-state index is -0.746. The second-order valence-electron chi connectivity index (χ2n) is 2.72. The van der Waals surface area contributed by atoms with E-state index in [1.54, 1.807) is 0 Å². The molecule has 0 spiro atoms. The quantitative estimate of drug-likeness (QED) is 0.576. The van der Waals surface area contributed by atoms with Gasteiger partial charge in [0.15, 0.2) is 0 Å². The fourth-order valence-corrected chi connectivity index (χ4v) is 1.58. The number of carboxylic acids is 1. The number of nitrogens with two attached hydrogens (primary N) is 1. The Bertz CT molecular complexity index is 155. The molecule has 0 aromatic heterocycles. The van der Waals surface area contributed by atoms with E-state index < -0.39 is 5.97 Å². The van der Waals surface area contributed by atoms with Gasteiger partial charge < -0.3 is 10.8 Å². The first-order valence-corrected chi connectivity index (χ1v) is 5.36. The topological polar surface area (TPSA) is 80.4 Å². The van der Waals surface area contributed by atoms with Crippen molar-refractivity contribution >= 4 is 23.6 Å². The Balaban J connectivity index is 3.00. The smallest absolute Gasteiger partial charge is 0.303 e. The van der Waals surface area contributed by atoms with Crippen molar-refractivity contribution in [3.8, 4) is 0 Å². The molecular weight excluding hydrogens is 190 g/mol. The third-order valence-corrected chi connectivity index (χ3v) is 2.49. The average Bonchev–Trinajstić information content (AvgIpc) is 2.01. The highest BCUT2D eigenvalue weighted by molar-refractivity contribution is 7.99. The van der Waals surface area contributed by atoms with Gasteiger partial charge in [-0.1, -0.05) is 6.42 Å². The molecule has 5 heteroatoms. The summed E-state index contributed by atoms with van der Waals surface area (Å²) in [6, 6.07) is 0. The Labute approximate surface area is 81.9 Å². The van der Waals surface area contributed by atoms with Gasteiger partial charge >= 0.3 is 5.97 Å². The maximum Gasteiger partial charge on any atom is 0.303 e. The lowest BCUT2D eigenvalue weighted by molar-refractivity contribution is -0.137. The molecule has 0 fully saturated rings. The van der Waals surface area contributed by atoms with E-state index in [0.717, 1.165) is 18.6 Å². The summed E-state index contributed by atoms with van der Waals surface area (Å²) in [6.07, 6.45) is 2.80. The zero-order valence-corrected chi connectivity index (χ0v) is 8.31. The van der Waals surface area contributed by atoms with E-state index in [2.05, 4.69) is 0 Å². The van der Waals surface area contributed by atoms with Gasteiger partial charge in [-0.25, -0.2) is 0 Å². The molecule has 0 aliphatic rings. The molecule has 0 saturated heterocycles. The van der Waals surface area contributed by atoms with E-state index in [0.29, 0.717) is 12.2 Å². The molecule has 0 unspecified atom stereocenters. The van der Waals surface area contributed by atoms with Crippen LogP contribution < -0.4 is 5.73 Å². The van der Waals surface area contributed by atoms with E-state index in [1.165, 1.54) is 11.8 Å². The van der Waals surface area contributed by atoms with Crippen LogP contribution in [0.3, 0.4) is 0 Å². The first-order chi connectivity index (χ1) is 6.13. The molecule has 0 aromatic rings. The predicted octanol–water partition coefficient (Wildman–Crippen LogP) is 0.850. The highest BCUT2D eigenvalue weighted by Gasteiger charge is 1.97. The van der Waals surface area contributed by atoms with Crippen LogP contribution in [0.2, 0.25) is 0 Å². The van der Waals surface area contributed by atoms with Crippen molar-refractivity contribution < 1.29 is 14.7 Å². The molecule has 0 bridgehead atoms. The number of unbranched alkanes of at least 4 members (excludes halogenated alkanes) is 2. The zero-order valence-electron chi connectivity index (χ0n) is 7.49. The molecule has 0 atom stereocenters. The molecule has 0 aliphatic carbocycles. The number of carbonyl (C=O) groups is 2. The van der Waals surface area contributed by atoms with Crippen molar-refractivity contribution in [3.05, 3.63) is 0 Å². The van der Waals surface area contributed by atoms with Gasteiger partial charge in [0.1, 0.15) is 0 Å². The van der Waals surface area contributed by atoms with Crippen LogP contribution in [0, 0.1) is 0 Å². The van der Waals surface area contributed by atoms with Crippen molar-refractivity contribution in [3.63, 3.8) is 0 Å². The summed E-state index contributed by atoms with van der Waals surface area (Å²) in [4.78, 5) is 20.4. The number of thioether (sulfide) groups is 1. The van der Waals surface area contributed by atoms with Gasteiger partial charge in [-0.15, -0.1) is 0 Å². The highest BCUT2D eigenvalue weighted by Crippen LogP contribution is 2.06. The Morgan fingerprint density at radius 3 is 2.46 bits per heavy atom. The third kappa shape index (κ3) is 11.3. The first kappa shape index (κ1) is 12.3. The molecule has 0 aromatic carbocycles. The molecule has 4 nitrogen and oxygen atoms in total. The number of amides is 1. The number of primary amides is 1. The van der Waals surface area contributed by atoms with Gasteiger partial charge in [-0.05, 0) is 18.6 Å². The largest absolute Gasteiger partial charge is 0.481 e. The average molecular weight is 205 g/mol. The number of carboxylic acid groups (broad SMARTS) is 1. The minimum absolute atomic E-state index is 0.237. The number of carbonyl (C=O) groups excluding carboxylic acids is 1. The maximum atomic E-state index is 10.3. The second kappa shape index (κ2) is 7.91. The van der Waals surface area contributed by atoms with Gasteiger partial charge in [0.2, 0.25) is 5.91 Å². The fourth-order valence-electron chi connectivity index (χ4n) is 0.830. The molecule has 0 rings (SSSR count). The van der Waals surface area contributed by atoms with Crippen LogP contribution in [0.1, 0.15) is 25.7 Å². The standard InChI is InChI=1S/C8H15NO3S/c9-7(10)6-13-5-3-1-2-4-8(11)12/h1-6H2,(H2,9,10)(H,11,12). The van der Waals surface area contributed by atoms with E-state index in [9.17, 15) is 9.59 Å². The van der Waals surface area contributed by atoms with Crippen molar-refractivity contribution in [1.82, 2.24) is 0 Å². The molecule has 0 aliphatic heterocycles. The van der Waals surface area contributed by atoms with Crippen molar-refractivity contribution in [1.29, 1.82) is 0 Å². The van der Waals surface area contributed by atoms with Crippen LogP contribution in [0.25, 0.3) is 0 Å². The molecule has 0 saturated carbocycles. The summed E-state index contributed by atoms with van der Waals surface area (Å²) in [5.41, 5.74) is 4.94. The van der Waals surface area contributed by atoms with E-state index in [1.807, 2.05) is 0 Å². The minimum Gasteiger partial charge on any atom is -0.481 e. The summed E-state index contributed by atoms with van der Waals surface area (Å²) in [6.45, 7) is 0. The van der Waals surface area contributed by atoms with Gasteiger partial charge in [0.05, 0.1) is 5.75 Å². The monoisotopic (exact) mass is 205 g/mol. The molecule has 76 valence electrons. The van der Waals surface area contributed by atoms with Crippen molar-refractivity contribution in [2.75, 3.05) is 11.5 Å². The number of hydrogen-bond donors (Lipinski definition) is 2. The summed E-state index contributed by atoms with van der Waals surface area (Å²) < 4.78 is 0. The summed E-state index contributed by atoms with van der Waals surface area (Å²) in [5.74, 6) is 0.196. The lowest BCUT2D eigenvalue weighted by atomic mass is 10.2. The van der Waals surface area contributed by atoms with E-state index in [-0.39, 0.29) is 12.3 Å². The van der Waals surface area contributed by atoms with Crippen molar-refractivity contribution in [2.24, 2.45) is 5.73 Å². The zero-order chi connectivity index (χ0) is 10.1. The third-order valence-electron chi connectivity index (χ3n) is 1.42. The number of aliphatic carboxylic acids is 1. The molecule has 0 heterocycles. The number of hydrogen-bond acceptors (Lipinski definition) is 3. The Morgan fingerprint density at radius 1 is 1.23 bits per heavy atom. The van der Waals surface area contributed by atoms with E-state index >= 15 is 0 Å². The first-order valence-electron chi connectivity index (χ1n) is 4.20. The normalized spacial score (nSPS) is 9.85. The lowest BCUT2D eigenvalue weighted by Gasteiger charge is -1.98. The lowest BCUT2D eigenvalue weighted by Crippen LogP contribution is -2.13. The molecular formula is C8H15NO3S. The SMILES string of the molecule is NC(=O)CSCCCCCC(=O)O. The maximum absolute atomic E-state index is 10.3. The molecule has 13 heavy (non-hydrogen) atoms. The molecule has 3 N–H and O–H groups in total. The van der Waals surface area contributed by atoms with Gasteiger partial charge in [-0.2, -0.15) is 11.8 Å². The van der Waals surface area contributed by atoms with Crippen LogP contribution in [-0.4, -0.2) is 28.5 Å². The highest BCUT2D eigenvalue weighted by atomic mass is 32.2. The summed E-state index contributed by atoms with van der Waals surface area (Å²) >= 11 is 1.50.